The number of para-hydroxylation sites is 1. The van der Waals surface area contributed by atoms with Crippen LogP contribution < -0.4 is 9.64 Å². The molecular formula is C24H24N4O2S. The Morgan fingerprint density at radius 2 is 2.03 bits per heavy atom. The molecule has 31 heavy (non-hydrogen) atoms. The van der Waals surface area contributed by atoms with Gasteiger partial charge in [0.2, 0.25) is 5.91 Å². The average Bonchev–Trinajstić information content (AvgIpc) is 3.20. The molecule has 1 aliphatic rings. The molecule has 0 fully saturated rings. The van der Waals surface area contributed by atoms with E-state index in [4.69, 9.17) is 4.74 Å². The van der Waals surface area contributed by atoms with Crippen LogP contribution in [-0.2, 0) is 11.2 Å². The van der Waals surface area contributed by atoms with Crippen LogP contribution in [0.5, 0.6) is 5.75 Å². The Labute approximate surface area is 185 Å². The number of carbonyl (C=O) groups is 1. The van der Waals surface area contributed by atoms with Crippen LogP contribution in [0.3, 0.4) is 0 Å². The average molecular weight is 433 g/mol. The number of methoxy groups -OCH3 is 1. The molecule has 2 aromatic carbocycles. The number of aromatic nitrogens is 3. The van der Waals surface area contributed by atoms with Crippen LogP contribution >= 0.6 is 11.8 Å². The Balaban J connectivity index is 1.48. The zero-order valence-corrected chi connectivity index (χ0v) is 18.6. The van der Waals surface area contributed by atoms with Crippen LogP contribution in [0.1, 0.15) is 24.5 Å². The molecule has 158 valence electrons. The van der Waals surface area contributed by atoms with Gasteiger partial charge >= 0.3 is 0 Å². The van der Waals surface area contributed by atoms with E-state index in [9.17, 15) is 4.79 Å². The quantitative estimate of drug-likeness (QED) is 0.439. The molecule has 0 bridgehead atoms. The highest BCUT2D eigenvalue weighted by atomic mass is 32.2. The highest BCUT2D eigenvalue weighted by Gasteiger charge is 2.28. The molecule has 0 N–H and O–H groups in total. The summed E-state index contributed by atoms with van der Waals surface area (Å²) in [6.07, 6.45) is 1.99. The van der Waals surface area contributed by atoms with Crippen molar-refractivity contribution < 1.29 is 9.53 Å². The molecule has 1 unspecified atom stereocenters. The van der Waals surface area contributed by atoms with E-state index in [0.717, 1.165) is 46.4 Å². The molecule has 0 aliphatic carbocycles. The van der Waals surface area contributed by atoms with Gasteiger partial charge in [0.15, 0.2) is 10.8 Å². The lowest BCUT2D eigenvalue weighted by Gasteiger charge is -2.35. The van der Waals surface area contributed by atoms with Gasteiger partial charge in [-0.2, -0.15) is 0 Å². The molecule has 5 rings (SSSR count). The Bertz CT molecular complexity index is 1300. The molecule has 4 aromatic rings. The number of carbonyl (C=O) groups excluding carboxylic acids is 1. The van der Waals surface area contributed by atoms with E-state index in [0.29, 0.717) is 10.9 Å². The SMILES string of the molecule is COc1ccc2c(C)cc3nnc(SCC(=O)N4c5ccccc5CCC4C)n3c2c1. The molecule has 0 saturated heterocycles. The van der Waals surface area contributed by atoms with Crippen molar-refractivity contribution >= 4 is 39.9 Å². The third-order valence-corrected chi connectivity index (χ3v) is 6.91. The molecule has 2 aromatic heterocycles. The van der Waals surface area contributed by atoms with Crippen LogP contribution in [0.25, 0.3) is 16.6 Å². The number of hydrogen-bond donors (Lipinski definition) is 0. The van der Waals surface area contributed by atoms with Gasteiger partial charge in [-0.1, -0.05) is 30.0 Å². The normalized spacial score (nSPS) is 16.0. The summed E-state index contributed by atoms with van der Waals surface area (Å²) < 4.78 is 7.44. The van der Waals surface area contributed by atoms with Gasteiger partial charge in [-0.15, -0.1) is 10.2 Å². The summed E-state index contributed by atoms with van der Waals surface area (Å²) in [7, 11) is 1.66. The number of aryl methyl sites for hydroxylation is 2. The predicted molar refractivity (Wildman–Crippen MR) is 124 cm³/mol. The summed E-state index contributed by atoms with van der Waals surface area (Å²) in [4.78, 5) is 15.2. The maximum absolute atomic E-state index is 13.2. The minimum absolute atomic E-state index is 0.0930. The third-order valence-electron chi connectivity index (χ3n) is 5.99. The topological polar surface area (TPSA) is 59.7 Å². The van der Waals surface area contributed by atoms with E-state index in [1.165, 1.54) is 17.3 Å². The van der Waals surface area contributed by atoms with Crippen molar-refractivity contribution in [2.45, 2.75) is 37.9 Å². The second-order valence-corrected chi connectivity index (χ2v) is 8.90. The van der Waals surface area contributed by atoms with Gasteiger partial charge in [-0.3, -0.25) is 9.20 Å². The summed E-state index contributed by atoms with van der Waals surface area (Å²) >= 11 is 1.43. The lowest BCUT2D eigenvalue weighted by Crippen LogP contribution is -2.43. The number of amides is 1. The second-order valence-electron chi connectivity index (χ2n) is 7.96. The Morgan fingerprint density at radius 3 is 2.87 bits per heavy atom. The van der Waals surface area contributed by atoms with Crippen molar-refractivity contribution in [3.8, 4) is 5.75 Å². The van der Waals surface area contributed by atoms with Crippen molar-refractivity contribution in [3.63, 3.8) is 0 Å². The predicted octanol–water partition coefficient (Wildman–Crippen LogP) is 4.66. The van der Waals surface area contributed by atoms with Crippen molar-refractivity contribution in [1.82, 2.24) is 14.6 Å². The first-order valence-electron chi connectivity index (χ1n) is 10.4. The molecule has 1 amide bonds. The fourth-order valence-electron chi connectivity index (χ4n) is 4.39. The van der Waals surface area contributed by atoms with E-state index in [-0.39, 0.29) is 11.9 Å². The third kappa shape index (κ3) is 3.43. The number of anilines is 1. The van der Waals surface area contributed by atoms with Crippen LogP contribution in [0, 0.1) is 6.92 Å². The summed E-state index contributed by atoms with van der Waals surface area (Å²) in [5.41, 5.74) is 5.14. The smallest absolute Gasteiger partial charge is 0.237 e. The number of hydrogen-bond acceptors (Lipinski definition) is 5. The Kier molecular flexibility index (Phi) is 5.06. The number of rotatable bonds is 4. The van der Waals surface area contributed by atoms with E-state index in [1.54, 1.807) is 7.11 Å². The fraction of sp³-hybridized carbons (Fsp3) is 0.292. The maximum atomic E-state index is 13.2. The van der Waals surface area contributed by atoms with Gasteiger partial charge < -0.3 is 9.64 Å². The van der Waals surface area contributed by atoms with Gasteiger partial charge in [0.25, 0.3) is 0 Å². The van der Waals surface area contributed by atoms with Gasteiger partial charge in [-0.05, 0) is 62.1 Å². The van der Waals surface area contributed by atoms with Crippen molar-refractivity contribution in [2.75, 3.05) is 17.8 Å². The standard InChI is InChI=1S/C24H24N4O2S/c1-15-12-22-25-26-24(28(22)21-13-18(30-3)10-11-19(15)21)31-14-23(29)27-16(2)8-9-17-6-4-5-7-20(17)27/h4-7,10-13,16H,8-9,14H2,1-3H3. The van der Waals surface area contributed by atoms with E-state index < -0.39 is 0 Å². The molecular weight excluding hydrogens is 408 g/mol. The molecule has 0 saturated carbocycles. The highest BCUT2D eigenvalue weighted by Crippen LogP contribution is 2.32. The minimum Gasteiger partial charge on any atom is -0.497 e. The first kappa shape index (κ1) is 19.9. The number of benzene rings is 2. The van der Waals surface area contributed by atoms with E-state index in [1.807, 2.05) is 45.7 Å². The van der Waals surface area contributed by atoms with Crippen molar-refractivity contribution in [3.05, 3.63) is 59.7 Å². The van der Waals surface area contributed by atoms with Gasteiger partial charge in [0, 0.05) is 23.2 Å². The summed E-state index contributed by atoms with van der Waals surface area (Å²) in [5, 5.41) is 10.6. The summed E-state index contributed by atoms with van der Waals surface area (Å²) in [6, 6.07) is 16.4. The Morgan fingerprint density at radius 1 is 1.19 bits per heavy atom. The first-order chi connectivity index (χ1) is 15.1. The van der Waals surface area contributed by atoms with E-state index >= 15 is 0 Å². The monoisotopic (exact) mass is 432 g/mol. The van der Waals surface area contributed by atoms with Crippen molar-refractivity contribution in [1.29, 1.82) is 0 Å². The number of ether oxygens (including phenoxy) is 1. The zero-order valence-electron chi connectivity index (χ0n) is 17.8. The van der Waals surface area contributed by atoms with Gasteiger partial charge in [-0.25, -0.2) is 0 Å². The molecule has 0 radical (unpaired) electrons. The summed E-state index contributed by atoms with van der Waals surface area (Å²) in [6.45, 7) is 4.18. The fourth-order valence-corrected chi connectivity index (χ4v) is 5.20. The number of thioether (sulfide) groups is 1. The van der Waals surface area contributed by atoms with Crippen LogP contribution in [0.15, 0.2) is 53.7 Å². The Hall–Kier alpha value is -3.06. The minimum atomic E-state index is 0.0930. The first-order valence-corrected chi connectivity index (χ1v) is 11.4. The van der Waals surface area contributed by atoms with Crippen LogP contribution in [-0.4, -0.2) is 39.4 Å². The molecule has 0 spiro atoms. The second kappa shape index (κ2) is 7.89. The van der Waals surface area contributed by atoms with E-state index in [2.05, 4.69) is 36.2 Å². The molecule has 1 aliphatic heterocycles. The highest BCUT2D eigenvalue weighted by molar-refractivity contribution is 7.99. The number of pyridine rings is 1. The maximum Gasteiger partial charge on any atom is 0.237 e. The molecule has 1 atom stereocenters. The summed E-state index contributed by atoms with van der Waals surface area (Å²) in [5.74, 6) is 1.17. The van der Waals surface area contributed by atoms with Crippen LogP contribution in [0.4, 0.5) is 5.69 Å². The molecule has 7 heteroatoms. The molecule has 3 heterocycles. The van der Waals surface area contributed by atoms with Gasteiger partial charge in [0.05, 0.1) is 18.4 Å². The largest absolute Gasteiger partial charge is 0.497 e. The lowest BCUT2D eigenvalue weighted by molar-refractivity contribution is -0.116. The zero-order chi connectivity index (χ0) is 21.5. The number of fused-ring (bicyclic) bond motifs is 4. The lowest BCUT2D eigenvalue weighted by atomic mass is 9.97. The van der Waals surface area contributed by atoms with Crippen LogP contribution in [0.2, 0.25) is 0 Å². The van der Waals surface area contributed by atoms with Gasteiger partial charge in [0.1, 0.15) is 5.75 Å². The number of nitrogens with zero attached hydrogens (tertiary/aromatic N) is 4. The van der Waals surface area contributed by atoms with Crippen molar-refractivity contribution in [2.24, 2.45) is 0 Å². The molecule has 6 nitrogen and oxygen atoms in total.